The molecule has 3 aromatic carbocycles. The predicted molar refractivity (Wildman–Crippen MR) is 197 cm³/mol. The highest BCUT2D eigenvalue weighted by molar-refractivity contribution is 8.00. The van der Waals surface area contributed by atoms with Gasteiger partial charge in [-0.15, -0.1) is 11.8 Å². The van der Waals surface area contributed by atoms with Crippen LogP contribution < -0.4 is 24.6 Å². The van der Waals surface area contributed by atoms with Crippen LogP contribution in [0, 0.1) is 29.6 Å². The first-order valence-corrected chi connectivity index (χ1v) is 19.1. The molecule has 52 heavy (non-hydrogen) atoms. The molecule has 1 saturated heterocycles. The number of thioether (sulfide) groups is 1. The predicted octanol–water partition coefficient (Wildman–Crippen LogP) is 6.62. The van der Waals surface area contributed by atoms with E-state index in [2.05, 4.69) is 10.3 Å². The van der Waals surface area contributed by atoms with Gasteiger partial charge in [-0.1, -0.05) is 40.6 Å². The number of thiazole rings is 1. The van der Waals surface area contributed by atoms with Crippen molar-refractivity contribution in [2.24, 2.45) is 29.6 Å². The van der Waals surface area contributed by atoms with Gasteiger partial charge in [0.25, 0.3) is 5.91 Å². The van der Waals surface area contributed by atoms with Gasteiger partial charge in [0.2, 0.25) is 11.8 Å². The Hall–Kier alpha value is -4.30. The summed E-state index contributed by atoms with van der Waals surface area (Å²) in [5, 5.41) is 4.19. The number of carbonyl (C=O) groups excluding carboxylic acids is 4. The van der Waals surface area contributed by atoms with Crippen molar-refractivity contribution in [1.29, 1.82) is 0 Å². The fourth-order valence-corrected chi connectivity index (χ4v) is 11.7. The van der Waals surface area contributed by atoms with Crippen LogP contribution in [-0.2, 0) is 19.1 Å². The first-order valence-electron chi connectivity index (χ1n) is 16.7. The summed E-state index contributed by atoms with van der Waals surface area (Å²) in [4.78, 5) is 70.9. The number of carbonyl (C=O) groups is 4. The molecule has 0 spiro atoms. The molecule has 3 heterocycles. The molecule has 2 saturated carbocycles. The van der Waals surface area contributed by atoms with Crippen molar-refractivity contribution >= 4 is 81.4 Å². The number of hydrogen-bond acceptors (Lipinski definition) is 10. The summed E-state index contributed by atoms with van der Waals surface area (Å²) in [6.07, 6.45) is 0.729. The molecule has 2 aliphatic carbocycles. The van der Waals surface area contributed by atoms with Crippen molar-refractivity contribution in [2.45, 2.75) is 29.5 Å². The number of ether oxygens (including phenoxy) is 3. The molecule has 7 atom stereocenters. The molecular formula is C37H31Cl2N3O8S2. The van der Waals surface area contributed by atoms with Gasteiger partial charge < -0.3 is 24.5 Å². The third-order valence-electron chi connectivity index (χ3n) is 10.5. The van der Waals surface area contributed by atoms with Gasteiger partial charge in [0.05, 0.1) is 51.9 Å². The van der Waals surface area contributed by atoms with E-state index in [0.717, 1.165) is 33.2 Å². The van der Waals surface area contributed by atoms with E-state index < -0.39 is 23.7 Å². The van der Waals surface area contributed by atoms with E-state index in [0.29, 0.717) is 38.5 Å². The van der Waals surface area contributed by atoms with Crippen molar-refractivity contribution in [2.75, 3.05) is 30.5 Å². The molecule has 4 aliphatic rings. The maximum atomic E-state index is 14.2. The lowest BCUT2D eigenvalue weighted by atomic mass is 9.68. The number of imide groups is 1. The minimum absolute atomic E-state index is 0.0103. The Kier molecular flexibility index (Phi) is 9.09. The number of nitrogens with zero attached hydrogens (tertiary/aromatic N) is 1. The highest BCUT2D eigenvalue weighted by Crippen LogP contribution is 2.68. The summed E-state index contributed by atoms with van der Waals surface area (Å²) in [6, 6.07) is 16.6. The van der Waals surface area contributed by atoms with Gasteiger partial charge in [0.15, 0.2) is 18.1 Å². The lowest BCUT2D eigenvalue weighted by Crippen LogP contribution is -2.42. The second-order valence-electron chi connectivity index (χ2n) is 13.1. The fraction of sp³-hybridized carbons (Fsp3) is 0.324. The van der Waals surface area contributed by atoms with Gasteiger partial charge in [-0.05, 0) is 91.3 Å². The molecule has 2 aliphatic heterocycles. The highest BCUT2D eigenvalue weighted by Gasteiger charge is 2.69. The summed E-state index contributed by atoms with van der Waals surface area (Å²) in [5.74, 6) is -1.99. The van der Waals surface area contributed by atoms with Gasteiger partial charge >= 0.3 is 10.8 Å². The van der Waals surface area contributed by atoms with E-state index in [1.54, 1.807) is 67.2 Å². The number of H-pyrrole nitrogens is 1. The summed E-state index contributed by atoms with van der Waals surface area (Å²) in [6.45, 7) is 1.67. The van der Waals surface area contributed by atoms with Crippen molar-refractivity contribution in [3.05, 3.63) is 96.4 Å². The van der Waals surface area contributed by atoms with Crippen molar-refractivity contribution in [1.82, 2.24) is 4.98 Å². The zero-order valence-corrected chi connectivity index (χ0v) is 30.9. The Morgan fingerprint density at radius 2 is 1.69 bits per heavy atom. The van der Waals surface area contributed by atoms with Gasteiger partial charge in [-0.2, -0.15) is 0 Å². The minimum Gasteiger partial charge on any atom is -0.493 e. The van der Waals surface area contributed by atoms with Crippen LogP contribution in [0.25, 0.3) is 0 Å². The number of halogens is 2. The normalized spacial score (nSPS) is 25.4. The Labute approximate surface area is 315 Å². The molecule has 2 N–H and O–H groups in total. The lowest BCUT2D eigenvalue weighted by Gasteiger charge is -2.43. The summed E-state index contributed by atoms with van der Waals surface area (Å²) in [7, 11) is 1.51. The fourth-order valence-electron chi connectivity index (χ4n) is 8.52. The number of hydrogen-bond donors (Lipinski definition) is 2. The monoisotopic (exact) mass is 779 g/mol. The van der Waals surface area contributed by atoms with Crippen LogP contribution >= 0.6 is 46.3 Å². The second-order valence-corrected chi connectivity index (χ2v) is 16.1. The number of anilines is 2. The van der Waals surface area contributed by atoms with E-state index >= 15 is 0 Å². The molecule has 268 valence electrons. The quantitative estimate of drug-likeness (QED) is 0.141. The number of benzene rings is 3. The Morgan fingerprint density at radius 1 is 0.942 bits per heavy atom. The number of methoxy groups -OCH3 is 1. The molecular weight excluding hydrogens is 749 g/mol. The van der Waals surface area contributed by atoms with Gasteiger partial charge in [0, 0.05) is 21.7 Å². The molecule has 8 rings (SSSR count). The van der Waals surface area contributed by atoms with E-state index in [-0.39, 0.29) is 58.8 Å². The number of aromatic nitrogens is 1. The van der Waals surface area contributed by atoms with E-state index in [9.17, 15) is 24.0 Å². The standard InChI is InChI=1S/C37H31Cl2N3O8S2/c1-3-49-36(46)16-4-8-19(9-5-16)42-34(44)29-20-14-21(30(29)35(42)45)31-28(20)27(32-33(51-31)41-37(47)52-32)17-6-11-24(25(12-17)48-2)50-15-26(43)40-18-7-10-22(38)23(39)13-18/h4-13,20-21,27-31H,3,14-15H2,1-2H3,(H,40,43)(H,41,47)/t20-,21-,27+,28-,29+,30+,31-/m1/s1. The second kappa shape index (κ2) is 13.6. The molecule has 0 unspecified atom stereocenters. The van der Waals surface area contributed by atoms with E-state index in [1.165, 1.54) is 12.0 Å². The number of amides is 3. The average molecular weight is 781 g/mol. The van der Waals surface area contributed by atoms with Crippen LogP contribution in [0.2, 0.25) is 10.0 Å². The van der Waals surface area contributed by atoms with Crippen LogP contribution in [0.3, 0.4) is 0 Å². The number of esters is 1. The van der Waals surface area contributed by atoms with Gasteiger partial charge in [0.1, 0.15) is 0 Å². The molecule has 2 bridgehead atoms. The molecule has 3 amide bonds. The van der Waals surface area contributed by atoms with Crippen molar-refractivity contribution in [3.8, 4) is 11.5 Å². The van der Waals surface area contributed by atoms with Crippen LogP contribution in [0.4, 0.5) is 11.4 Å². The highest BCUT2D eigenvalue weighted by atomic mass is 35.5. The number of rotatable bonds is 9. The Bertz CT molecular complexity index is 2190. The maximum absolute atomic E-state index is 14.2. The van der Waals surface area contributed by atoms with E-state index in [1.807, 2.05) is 12.1 Å². The minimum atomic E-state index is -0.498. The SMILES string of the molecule is CCOC(=O)c1ccc(N2C(=O)[C@H]3[C@H]4C[C@@H]([C@@H]3C2=O)[C@@H]2[C@H](c3ccc(OCC(=O)Nc5ccc(Cl)c(Cl)c5)c(OC)c3)c3sc(=O)[nH]c3S[C@H]42)cc1. The largest absolute Gasteiger partial charge is 0.493 e. The molecule has 4 aromatic rings. The zero-order chi connectivity index (χ0) is 36.4. The van der Waals surface area contributed by atoms with Crippen LogP contribution in [0.5, 0.6) is 11.5 Å². The third kappa shape index (κ3) is 5.78. The van der Waals surface area contributed by atoms with Crippen LogP contribution in [0.15, 0.2) is 70.5 Å². The summed E-state index contributed by atoms with van der Waals surface area (Å²) in [5.41, 5.74) is 2.12. The Balaban J connectivity index is 1.06. The van der Waals surface area contributed by atoms with E-state index in [4.69, 9.17) is 37.4 Å². The lowest BCUT2D eigenvalue weighted by molar-refractivity contribution is -0.123. The molecule has 3 fully saturated rings. The first kappa shape index (κ1) is 34.8. The van der Waals surface area contributed by atoms with Gasteiger partial charge in [-0.3, -0.25) is 24.1 Å². The number of nitrogens with one attached hydrogen (secondary N) is 2. The van der Waals surface area contributed by atoms with Crippen molar-refractivity contribution < 1.29 is 33.4 Å². The van der Waals surface area contributed by atoms with Crippen molar-refractivity contribution in [3.63, 3.8) is 0 Å². The third-order valence-corrected chi connectivity index (χ3v) is 13.8. The maximum Gasteiger partial charge on any atom is 0.338 e. The molecule has 1 aromatic heterocycles. The van der Waals surface area contributed by atoms with Gasteiger partial charge in [-0.25, -0.2) is 4.79 Å². The van der Waals surface area contributed by atoms with Crippen LogP contribution in [0.1, 0.15) is 40.1 Å². The molecule has 0 radical (unpaired) electrons. The summed E-state index contributed by atoms with van der Waals surface area (Å²) < 4.78 is 16.7. The first-order chi connectivity index (χ1) is 25.1. The topological polar surface area (TPSA) is 144 Å². The Morgan fingerprint density at radius 3 is 2.40 bits per heavy atom. The molecule has 15 heteroatoms. The number of fused-ring (bicyclic) bond motifs is 9. The smallest absolute Gasteiger partial charge is 0.338 e. The van der Waals surface area contributed by atoms with Crippen LogP contribution in [-0.4, -0.2) is 54.2 Å². The number of aromatic amines is 1. The zero-order valence-electron chi connectivity index (χ0n) is 27.7. The molecule has 11 nitrogen and oxygen atoms in total. The average Bonchev–Trinajstić information content (AvgIpc) is 3.87. The summed E-state index contributed by atoms with van der Waals surface area (Å²) >= 11 is 14.8.